The van der Waals surface area contributed by atoms with Crippen molar-refractivity contribution in [3.8, 4) is 11.1 Å². The molecule has 0 N–H and O–H groups in total. The zero-order chi connectivity index (χ0) is 11.7. The molecule has 8 heteroatoms. The molecule has 0 saturated carbocycles. The SMILES string of the molecule is FC(F)n1cc(-c2cnn(C(F)F)c2)cn1. The summed E-state index contributed by atoms with van der Waals surface area (Å²) in [6, 6.07) is 0. The number of nitrogens with zero attached hydrogens (tertiary/aromatic N) is 4. The molecule has 86 valence electrons. The summed E-state index contributed by atoms with van der Waals surface area (Å²) in [6.45, 7) is -5.50. The van der Waals surface area contributed by atoms with E-state index in [2.05, 4.69) is 10.2 Å². The summed E-state index contributed by atoms with van der Waals surface area (Å²) < 4.78 is 49.6. The Labute approximate surface area is 87.1 Å². The number of halogens is 4. The first-order chi connectivity index (χ1) is 7.58. The number of aromatic nitrogens is 4. The van der Waals surface area contributed by atoms with Gasteiger partial charge in [-0.25, -0.2) is 9.36 Å². The Morgan fingerprint density at radius 3 is 1.44 bits per heavy atom. The van der Waals surface area contributed by atoms with Crippen LogP contribution in [0, 0.1) is 0 Å². The molecule has 0 radical (unpaired) electrons. The van der Waals surface area contributed by atoms with E-state index in [4.69, 9.17) is 0 Å². The maximum atomic E-state index is 12.2. The Balaban J connectivity index is 2.28. The molecule has 0 amide bonds. The van der Waals surface area contributed by atoms with Crippen molar-refractivity contribution in [1.29, 1.82) is 0 Å². The summed E-state index contributed by atoms with van der Waals surface area (Å²) in [4.78, 5) is 0. The summed E-state index contributed by atoms with van der Waals surface area (Å²) in [5.74, 6) is 0. The topological polar surface area (TPSA) is 35.6 Å². The molecular weight excluding hydrogens is 228 g/mol. The van der Waals surface area contributed by atoms with Crippen LogP contribution in [0.3, 0.4) is 0 Å². The van der Waals surface area contributed by atoms with Gasteiger partial charge in [0.05, 0.1) is 12.4 Å². The van der Waals surface area contributed by atoms with Crippen LogP contribution >= 0.6 is 0 Å². The number of rotatable bonds is 3. The van der Waals surface area contributed by atoms with Gasteiger partial charge in [-0.2, -0.15) is 27.8 Å². The fourth-order valence-corrected chi connectivity index (χ4v) is 1.19. The third-order valence-electron chi connectivity index (χ3n) is 1.94. The first-order valence-electron chi connectivity index (χ1n) is 4.23. The van der Waals surface area contributed by atoms with Gasteiger partial charge in [-0.1, -0.05) is 0 Å². The lowest BCUT2D eigenvalue weighted by Gasteiger charge is -1.96. The van der Waals surface area contributed by atoms with E-state index in [1.54, 1.807) is 0 Å². The molecule has 2 heterocycles. The van der Waals surface area contributed by atoms with Gasteiger partial charge < -0.3 is 0 Å². The predicted molar refractivity (Wildman–Crippen MR) is 46.0 cm³/mol. The molecule has 0 unspecified atom stereocenters. The van der Waals surface area contributed by atoms with Crippen LogP contribution in [0.4, 0.5) is 17.6 Å². The van der Waals surface area contributed by atoms with Gasteiger partial charge in [0.2, 0.25) is 0 Å². The quantitative estimate of drug-likeness (QED) is 0.765. The van der Waals surface area contributed by atoms with Crippen molar-refractivity contribution in [1.82, 2.24) is 19.6 Å². The highest BCUT2D eigenvalue weighted by Gasteiger charge is 2.12. The second-order valence-corrected chi connectivity index (χ2v) is 2.97. The van der Waals surface area contributed by atoms with E-state index in [1.807, 2.05) is 0 Å². The minimum absolute atomic E-state index is 0.312. The van der Waals surface area contributed by atoms with E-state index in [0.29, 0.717) is 20.5 Å². The van der Waals surface area contributed by atoms with Gasteiger partial charge in [0.25, 0.3) is 0 Å². The Morgan fingerprint density at radius 2 is 1.19 bits per heavy atom. The van der Waals surface area contributed by atoms with E-state index in [0.717, 1.165) is 12.4 Å². The number of hydrogen-bond acceptors (Lipinski definition) is 2. The zero-order valence-electron chi connectivity index (χ0n) is 7.76. The van der Waals surface area contributed by atoms with Gasteiger partial charge in [-0.3, -0.25) is 0 Å². The maximum absolute atomic E-state index is 12.2. The highest BCUT2D eigenvalue weighted by molar-refractivity contribution is 5.59. The third-order valence-corrected chi connectivity index (χ3v) is 1.94. The minimum atomic E-state index is -2.75. The summed E-state index contributed by atoms with van der Waals surface area (Å²) in [6.07, 6.45) is 4.47. The summed E-state index contributed by atoms with van der Waals surface area (Å²) in [5, 5.41) is 6.78. The molecular formula is C8H6F4N4. The van der Waals surface area contributed by atoms with Crippen LogP contribution in [0.15, 0.2) is 24.8 Å². The van der Waals surface area contributed by atoms with Crippen molar-refractivity contribution in [3.05, 3.63) is 24.8 Å². The molecule has 0 atom stereocenters. The van der Waals surface area contributed by atoms with E-state index >= 15 is 0 Å². The van der Waals surface area contributed by atoms with Gasteiger partial charge in [0, 0.05) is 23.5 Å². The Morgan fingerprint density at radius 1 is 0.812 bits per heavy atom. The summed E-state index contributed by atoms with van der Waals surface area (Å²) >= 11 is 0. The second kappa shape index (κ2) is 3.95. The average molecular weight is 234 g/mol. The lowest BCUT2D eigenvalue weighted by Crippen LogP contribution is -1.97. The molecule has 4 nitrogen and oxygen atoms in total. The van der Waals surface area contributed by atoms with Crippen LogP contribution in [0.5, 0.6) is 0 Å². The Kier molecular flexibility index (Phi) is 2.63. The fourth-order valence-electron chi connectivity index (χ4n) is 1.19. The normalized spacial score (nSPS) is 11.6. The smallest absolute Gasteiger partial charge is 0.211 e. The Bertz CT molecular complexity index is 432. The van der Waals surface area contributed by atoms with Crippen molar-refractivity contribution in [2.24, 2.45) is 0 Å². The largest absolute Gasteiger partial charge is 0.333 e. The lowest BCUT2D eigenvalue weighted by molar-refractivity contribution is 0.0561. The molecule has 0 aliphatic carbocycles. The minimum Gasteiger partial charge on any atom is -0.211 e. The molecule has 2 aromatic rings. The van der Waals surface area contributed by atoms with Crippen LogP contribution in [0.1, 0.15) is 13.1 Å². The van der Waals surface area contributed by atoms with E-state index in [-0.39, 0.29) is 0 Å². The molecule has 0 bridgehead atoms. The molecule has 16 heavy (non-hydrogen) atoms. The van der Waals surface area contributed by atoms with Gasteiger partial charge >= 0.3 is 13.1 Å². The van der Waals surface area contributed by atoms with Crippen molar-refractivity contribution >= 4 is 0 Å². The van der Waals surface area contributed by atoms with Crippen molar-refractivity contribution in [2.45, 2.75) is 13.1 Å². The highest BCUT2D eigenvalue weighted by Crippen LogP contribution is 2.21. The summed E-state index contributed by atoms with van der Waals surface area (Å²) in [5.41, 5.74) is 0.624. The molecule has 0 aliphatic rings. The summed E-state index contributed by atoms with van der Waals surface area (Å²) in [7, 11) is 0. The predicted octanol–water partition coefficient (Wildman–Crippen LogP) is 2.54. The first kappa shape index (κ1) is 10.7. The monoisotopic (exact) mass is 234 g/mol. The van der Waals surface area contributed by atoms with Gasteiger partial charge in [0.1, 0.15) is 0 Å². The third kappa shape index (κ3) is 1.90. The maximum Gasteiger partial charge on any atom is 0.333 e. The van der Waals surface area contributed by atoms with Crippen LogP contribution in [-0.2, 0) is 0 Å². The first-order valence-corrected chi connectivity index (χ1v) is 4.23. The standard InChI is InChI=1S/C8H6F4N4/c9-7(10)15-3-5(1-13-15)6-2-14-16(4-6)8(11)12/h1-4,7-8H. The Hall–Kier alpha value is -1.86. The lowest BCUT2D eigenvalue weighted by atomic mass is 10.2. The number of alkyl halides is 4. The molecule has 0 aliphatic heterocycles. The molecule has 0 aromatic carbocycles. The van der Waals surface area contributed by atoms with Crippen molar-refractivity contribution in [3.63, 3.8) is 0 Å². The molecule has 0 saturated heterocycles. The molecule has 0 spiro atoms. The molecule has 2 aromatic heterocycles. The van der Waals surface area contributed by atoms with Crippen LogP contribution in [0.2, 0.25) is 0 Å². The van der Waals surface area contributed by atoms with Crippen molar-refractivity contribution < 1.29 is 17.6 Å². The van der Waals surface area contributed by atoms with Crippen LogP contribution in [0.25, 0.3) is 11.1 Å². The molecule has 2 rings (SSSR count). The van der Waals surface area contributed by atoms with Crippen molar-refractivity contribution in [2.75, 3.05) is 0 Å². The zero-order valence-corrected chi connectivity index (χ0v) is 7.76. The molecule has 0 fully saturated rings. The van der Waals surface area contributed by atoms with Gasteiger partial charge in [0.15, 0.2) is 0 Å². The van der Waals surface area contributed by atoms with Gasteiger partial charge in [-0.15, -0.1) is 0 Å². The fraction of sp³-hybridized carbons (Fsp3) is 0.250. The van der Waals surface area contributed by atoms with E-state index < -0.39 is 13.1 Å². The van der Waals surface area contributed by atoms with Gasteiger partial charge in [-0.05, 0) is 0 Å². The van der Waals surface area contributed by atoms with E-state index in [9.17, 15) is 17.6 Å². The second-order valence-electron chi connectivity index (χ2n) is 2.97. The highest BCUT2D eigenvalue weighted by atomic mass is 19.3. The van der Waals surface area contributed by atoms with E-state index in [1.165, 1.54) is 12.4 Å². The van der Waals surface area contributed by atoms with Crippen LogP contribution in [-0.4, -0.2) is 19.6 Å². The van der Waals surface area contributed by atoms with Crippen LogP contribution < -0.4 is 0 Å². The average Bonchev–Trinajstić information content (AvgIpc) is 2.86. The number of hydrogen-bond donors (Lipinski definition) is 0.